The third-order valence-electron chi connectivity index (χ3n) is 12.4. The fraction of sp³-hybridized carbons (Fsp3) is 0. The van der Waals surface area contributed by atoms with Gasteiger partial charge in [0.15, 0.2) is 17.5 Å². The fourth-order valence-corrected chi connectivity index (χ4v) is 9.63. The highest BCUT2D eigenvalue weighted by atomic mass is 16.3. The topological polar surface area (TPSA) is 56.7 Å². The molecule has 0 amide bonds. The van der Waals surface area contributed by atoms with Crippen LogP contribution in [0.3, 0.4) is 0 Å². The number of benzene rings is 10. The van der Waals surface area contributed by atoms with Crippen LogP contribution in [-0.4, -0.2) is 19.5 Å². The molecule has 3 heterocycles. The van der Waals surface area contributed by atoms with Gasteiger partial charge in [0, 0.05) is 49.0 Å². The first kappa shape index (κ1) is 34.5. The lowest BCUT2D eigenvalue weighted by Crippen LogP contribution is -2.01. The van der Waals surface area contributed by atoms with Crippen molar-refractivity contribution >= 4 is 76.1 Å². The molecule has 13 rings (SSSR count). The minimum absolute atomic E-state index is 0.582. The van der Waals surface area contributed by atoms with Crippen LogP contribution in [0.25, 0.3) is 127 Å². The van der Waals surface area contributed by atoms with Crippen molar-refractivity contribution in [2.75, 3.05) is 0 Å². The van der Waals surface area contributed by atoms with Crippen molar-refractivity contribution in [2.24, 2.45) is 0 Å². The number of nitrogens with zero attached hydrogens (tertiary/aromatic N) is 4. The third kappa shape index (κ3) is 5.25. The van der Waals surface area contributed by atoms with Crippen molar-refractivity contribution in [3.63, 3.8) is 0 Å². The second kappa shape index (κ2) is 13.6. The highest BCUT2D eigenvalue weighted by Crippen LogP contribution is 2.44. The number of rotatable bonds is 5. The second-order valence-electron chi connectivity index (χ2n) is 15.9. The molecule has 3 aromatic heterocycles. The van der Waals surface area contributed by atoms with E-state index in [0.717, 1.165) is 66.2 Å². The Labute approximate surface area is 355 Å². The van der Waals surface area contributed by atoms with Crippen LogP contribution in [0.2, 0.25) is 0 Å². The maximum Gasteiger partial charge on any atom is 0.164 e. The van der Waals surface area contributed by atoms with Crippen LogP contribution in [-0.2, 0) is 0 Å². The molecule has 0 unspecified atom stereocenters. The lowest BCUT2D eigenvalue weighted by molar-refractivity contribution is 0.669. The molecule has 0 radical (unpaired) electrons. The highest BCUT2D eigenvalue weighted by Gasteiger charge is 2.23. The molecule has 0 saturated heterocycles. The second-order valence-corrected chi connectivity index (χ2v) is 15.9. The van der Waals surface area contributed by atoms with E-state index < -0.39 is 0 Å². The molecule has 13 aromatic rings. The van der Waals surface area contributed by atoms with Gasteiger partial charge in [0.1, 0.15) is 11.2 Å². The van der Waals surface area contributed by atoms with Gasteiger partial charge in [-0.15, -0.1) is 0 Å². The fourth-order valence-electron chi connectivity index (χ4n) is 9.63. The molecule has 0 fully saturated rings. The van der Waals surface area contributed by atoms with E-state index in [1.807, 2.05) is 42.5 Å². The minimum atomic E-state index is 0.582. The summed E-state index contributed by atoms with van der Waals surface area (Å²) in [7, 11) is 0. The molecule has 0 N–H and O–H groups in total. The summed E-state index contributed by atoms with van der Waals surface area (Å²) in [4.78, 5) is 15.7. The molecule has 5 heteroatoms. The molecular weight excluding hydrogens is 757 g/mol. The van der Waals surface area contributed by atoms with Crippen LogP contribution in [0.1, 0.15) is 0 Å². The van der Waals surface area contributed by atoms with Crippen molar-refractivity contribution in [3.8, 4) is 51.0 Å². The van der Waals surface area contributed by atoms with E-state index in [1.165, 1.54) is 43.4 Å². The SMILES string of the molecule is c1ccc(-c2nc(-c3ccccc3-c3ccccc3)nc(-c3cccc4oc5ccc6c(-n7c8cc9ccccc9cc8c8ccc9ccccc9c87)cccc6c5c34)n2)cc1. The smallest absolute Gasteiger partial charge is 0.164 e. The molecule has 10 aromatic carbocycles. The first-order chi connectivity index (χ1) is 30.7. The molecule has 0 spiro atoms. The Kier molecular flexibility index (Phi) is 7.54. The third-order valence-corrected chi connectivity index (χ3v) is 12.4. The molecule has 0 aliphatic rings. The van der Waals surface area contributed by atoms with E-state index in [0.29, 0.717) is 17.5 Å². The normalized spacial score (nSPS) is 11.9. The lowest BCUT2D eigenvalue weighted by atomic mass is 9.98. The van der Waals surface area contributed by atoms with Gasteiger partial charge in [-0.25, -0.2) is 15.0 Å². The van der Waals surface area contributed by atoms with Gasteiger partial charge < -0.3 is 8.98 Å². The Morgan fingerprint density at radius 3 is 1.76 bits per heavy atom. The predicted octanol–water partition coefficient (Wildman–Crippen LogP) is 15.0. The van der Waals surface area contributed by atoms with Crippen LogP contribution in [0, 0.1) is 0 Å². The van der Waals surface area contributed by atoms with E-state index in [4.69, 9.17) is 19.4 Å². The van der Waals surface area contributed by atoms with E-state index in [2.05, 4.69) is 168 Å². The first-order valence-electron chi connectivity index (χ1n) is 20.9. The average molecular weight is 791 g/mol. The monoisotopic (exact) mass is 790 g/mol. The zero-order valence-corrected chi connectivity index (χ0v) is 33.3. The van der Waals surface area contributed by atoms with Crippen molar-refractivity contribution in [3.05, 3.63) is 206 Å². The van der Waals surface area contributed by atoms with E-state index in [-0.39, 0.29) is 0 Å². The van der Waals surface area contributed by atoms with Gasteiger partial charge in [0.25, 0.3) is 0 Å². The van der Waals surface area contributed by atoms with Crippen LogP contribution >= 0.6 is 0 Å². The van der Waals surface area contributed by atoms with Crippen LogP contribution < -0.4 is 0 Å². The predicted molar refractivity (Wildman–Crippen MR) is 256 cm³/mol. The van der Waals surface area contributed by atoms with E-state index in [9.17, 15) is 0 Å². The maximum atomic E-state index is 6.73. The number of aromatic nitrogens is 4. The van der Waals surface area contributed by atoms with Crippen molar-refractivity contribution in [2.45, 2.75) is 0 Å². The summed E-state index contributed by atoms with van der Waals surface area (Å²) < 4.78 is 9.21. The molecule has 0 aliphatic heterocycles. The Morgan fingerprint density at radius 2 is 0.935 bits per heavy atom. The van der Waals surface area contributed by atoms with Crippen LogP contribution in [0.4, 0.5) is 0 Å². The molecular formula is C57H34N4O. The Balaban J connectivity index is 1.10. The first-order valence-corrected chi connectivity index (χ1v) is 20.9. The minimum Gasteiger partial charge on any atom is -0.456 e. The molecule has 62 heavy (non-hydrogen) atoms. The number of hydrogen-bond acceptors (Lipinski definition) is 4. The Morgan fingerprint density at radius 1 is 0.339 bits per heavy atom. The van der Waals surface area contributed by atoms with Gasteiger partial charge in [0.2, 0.25) is 0 Å². The molecule has 0 atom stereocenters. The summed E-state index contributed by atoms with van der Waals surface area (Å²) in [6.45, 7) is 0. The van der Waals surface area contributed by atoms with Gasteiger partial charge in [-0.3, -0.25) is 0 Å². The molecule has 0 aliphatic carbocycles. The molecule has 0 bridgehead atoms. The average Bonchev–Trinajstić information content (AvgIpc) is 3.89. The quantitative estimate of drug-likeness (QED) is 0.174. The van der Waals surface area contributed by atoms with Gasteiger partial charge >= 0.3 is 0 Å². The summed E-state index contributed by atoms with van der Waals surface area (Å²) in [5.74, 6) is 1.80. The molecule has 0 saturated carbocycles. The van der Waals surface area contributed by atoms with Crippen molar-refractivity contribution in [1.29, 1.82) is 0 Å². The Bertz CT molecular complexity index is 3920. The zero-order valence-electron chi connectivity index (χ0n) is 33.3. The highest BCUT2D eigenvalue weighted by molar-refractivity contribution is 6.25. The summed E-state index contributed by atoms with van der Waals surface area (Å²) >= 11 is 0. The van der Waals surface area contributed by atoms with Crippen LogP contribution in [0.5, 0.6) is 0 Å². The van der Waals surface area contributed by atoms with E-state index >= 15 is 0 Å². The van der Waals surface area contributed by atoms with Gasteiger partial charge in [-0.2, -0.15) is 0 Å². The number of hydrogen-bond donors (Lipinski definition) is 0. The molecule has 288 valence electrons. The van der Waals surface area contributed by atoms with Crippen molar-refractivity contribution < 1.29 is 4.42 Å². The van der Waals surface area contributed by atoms with Gasteiger partial charge in [-0.05, 0) is 69.1 Å². The summed E-state index contributed by atoms with van der Waals surface area (Å²) in [6, 6.07) is 72.7. The maximum absolute atomic E-state index is 6.73. The van der Waals surface area contributed by atoms with Gasteiger partial charge in [0.05, 0.1) is 16.7 Å². The summed E-state index contributed by atoms with van der Waals surface area (Å²) in [6.07, 6.45) is 0. The summed E-state index contributed by atoms with van der Waals surface area (Å²) in [5.41, 5.74) is 9.94. The lowest BCUT2D eigenvalue weighted by Gasteiger charge is -2.14. The van der Waals surface area contributed by atoms with Crippen molar-refractivity contribution in [1.82, 2.24) is 19.5 Å². The van der Waals surface area contributed by atoms with E-state index in [1.54, 1.807) is 0 Å². The summed E-state index contributed by atoms with van der Waals surface area (Å²) in [5, 5.41) is 11.5. The van der Waals surface area contributed by atoms with Gasteiger partial charge in [-0.1, -0.05) is 170 Å². The molecule has 5 nitrogen and oxygen atoms in total. The van der Waals surface area contributed by atoms with Crippen LogP contribution in [0.15, 0.2) is 211 Å². The number of fused-ring (bicyclic) bond motifs is 11. The largest absolute Gasteiger partial charge is 0.456 e. The number of furan rings is 1. The standard InChI is InChI=1S/C57H34N4O/c1-3-15-35(16-4-1)40-22-11-12-24-45(40)56-58-55(37-18-5-2-6-19-37)59-57(60-56)46-26-14-28-50-53(46)52-43-25-13-27-48(42(43)31-32-51(52)62-50)61-49-34-39-21-8-7-20-38(39)33-47(49)44-30-29-36-17-9-10-23-41(36)54(44)61/h1-34H. The Hall–Kier alpha value is -8.41. The zero-order chi connectivity index (χ0) is 40.7.